The first-order chi connectivity index (χ1) is 16.3. The fraction of sp³-hybridized carbons (Fsp3) is 0.625. The summed E-state index contributed by atoms with van der Waals surface area (Å²) in [5, 5.41) is 27.4. The lowest BCUT2D eigenvalue weighted by molar-refractivity contribution is -0.147. The van der Waals surface area contributed by atoms with Crippen LogP contribution in [0.1, 0.15) is 58.3 Å². The highest BCUT2D eigenvalue weighted by Crippen LogP contribution is 2.43. The number of unbranched alkanes of at least 4 members (excludes halogenated alkanes) is 2. The van der Waals surface area contributed by atoms with Crippen molar-refractivity contribution >= 4 is 13.8 Å². The maximum absolute atomic E-state index is 11.7. The van der Waals surface area contributed by atoms with Gasteiger partial charge in [0.25, 0.3) is 0 Å². The van der Waals surface area contributed by atoms with Gasteiger partial charge in [0.1, 0.15) is 18.8 Å². The third kappa shape index (κ3) is 22.2. The van der Waals surface area contributed by atoms with Crippen LogP contribution >= 0.6 is 7.82 Å². The van der Waals surface area contributed by atoms with Crippen LogP contribution in [0.3, 0.4) is 0 Å². The van der Waals surface area contributed by atoms with Crippen molar-refractivity contribution in [3.8, 4) is 0 Å². The average Bonchev–Trinajstić information content (AvgIpc) is 2.82. The highest BCUT2D eigenvalue weighted by Gasteiger charge is 2.24. The Bertz CT molecular complexity index is 673. The second-order valence-electron chi connectivity index (χ2n) is 7.48. The van der Waals surface area contributed by atoms with E-state index in [1.54, 1.807) is 0 Å². The van der Waals surface area contributed by atoms with Gasteiger partial charge in [0.05, 0.1) is 19.8 Å². The Morgan fingerprint density at radius 3 is 1.91 bits per heavy atom. The number of hydrogen-bond donors (Lipinski definition) is 4. The predicted octanol–water partition coefficient (Wildman–Crippen LogP) is 3.74. The van der Waals surface area contributed by atoms with E-state index in [9.17, 15) is 19.4 Å². The molecule has 4 N–H and O–H groups in total. The van der Waals surface area contributed by atoms with E-state index in [0.717, 1.165) is 38.5 Å². The number of aliphatic hydroxyl groups excluding tert-OH is 3. The number of phosphoric acid groups is 1. The molecule has 0 rings (SSSR count). The summed E-state index contributed by atoms with van der Waals surface area (Å²) in [6.07, 6.45) is 20.8. The number of phosphoric ester groups is 1. The maximum atomic E-state index is 11.7. The largest absolute Gasteiger partial charge is 0.472 e. The molecule has 0 aromatic rings. The van der Waals surface area contributed by atoms with Gasteiger partial charge >= 0.3 is 13.8 Å². The zero-order chi connectivity index (χ0) is 25.5. The van der Waals surface area contributed by atoms with Crippen LogP contribution in [-0.2, 0) is 23.1 Å². The molecule has 0 aliphatic heterocycles. The lowest BCUT2D eigenvalue weighted by Crippen LogP contribution is -2.24. The lowest BCUT2D eigenvalue weighted by atomic mass is 10.2. The van der Waals surface area contributed by atoms with E-state index in [1.807, 2.05) is 0 Å². The highest BCUT2D eigenvalue weighted by molar-refractivity contribution is 7.47. The first-order valence-electron chi connectivity index (χ1n) is 11.6. The Morgan fingerprint density at radius 2 is 1.35 bits per heavy atom. The van der Waals surface area contributed by atoms with Gasteiger partial charge in [-0.2, -0.15) is 0 Å². The molecule has 0 aromatic carbocycles. The van der Waals surface area contributed by atoms with Crippen LogP contribution in [0.15, 0.2) is 48.6 Å². The molecule has 0 aromatic heterocycles. The Balaban J connectivity index is 3.73. The Hall–Kier alpha value is -1.58. The van der Waals surface area contributed by atoms with E-state index in [-0.39, 0.29) is 13.0 Å². The standard InChI is InChI=1S/C24H41O9P/c1-2-3-4-5-6-7-8-9-10-11-12-13-14-15-16-17-24(28)31-19-23(27)21-33-34(29,30)32-20-22(26)18-25/h3-4,6-7,9-10,12-13,22-23,25-27H,2,5,8,11,14-21H2,1H3,(H,29,30)/b4-3-,7-6-,10-9-,13-12-. The van der Waals surface area contributed by atoms with Crippen molar-refractivity contribution in [2.24, 2.45) is 0 Å². The van der Waals surface area contributed by atoms with E-state index < -0.39 is 45.8 Å². The molecule has 9 nitrogen and oxygen atoms in total. The predicted molar refractivity (Wildman–Crippen MR) is 131 cm³/mol. The van der Waals surface area contributed by atoms with Crippen molar-refractivity contribution in [1.82, 2.24) is 0 Å². The molecule has 0 spiro atoms. The van der Waals surface area contributed by atoms with Gasteiger partial charge in [0.15, 0.2) is 0 Å². The summed E-state index contributed by atoms with van der Waals surface area (Å²) in [5.41, 5.74) is 0. The Kier molecular flexibility index (Phi) is 20.9. The van der Waals surface area contributed by atoms with Crippen LogP contribution in [-0.4, -0.2) is 64.8 Å². The first kappa shape index (κ1) is 32.4. The van der Waals surface area contributed by atoms with Crippen molar-refractivity contribution in [2.75, 3.05) is 26.4 Å². The second-order valence-corrected chi connectivity index (χ2v) is 8.93. The van der Waals surface area contributed by atoms with Crippen LogP contribution in [0.2, 0.25) is 0 Å². The van der Waals surface area contributed by atoms with Crippen LogP contribution in [0.4, 0.5) is 0 Å². The number of hydrogen-bond acceptors (Lipinski definition) is 8. The van der Waals surface area contributed by atoms with Gasteiger partial charge in [-0.1, -0.05) is 55.5 Å². The van der Waals surface area contributed by atoms with Crippen molar-refractivity contribution in [3.63, 3.8) is 0 Å². The normalized spacial score (nSPS) is 16.0. The molecule has 3 atom stereocenters. The number of esters is 1. The third-order valence-electron chi connectivity index (χ3n) is 4.23. The SMILES string of the molecule is CC/C=C\C/C=C\C/C=C\C/C=C\CCCCC(=O)OCC(O)COP(=O)(O)OCC(O)CO. The summed E-state index contributed by atoms with van der Waals surface area (Å²) in [4.78, 5) is 21.1. The van der Waals surface area contributed by atoms with E-state index in [2.05, 4.69) is 64.6 Å². The zero-order valence-electron chi connectivity index (χ0n) is 20.0. The number of aliphatic hydroxyl groups is 3. The minimum absolute atomic E-state index is 0.210. The molecule has 0 saturated heterocycles. The molecule has 10 heteroatoms. The quantitative estimate of drug-likeness (QED) is 0.0795. The third-order valence-corrected chi connectivity index (χ3v) is 5.18. The van der Waals surface area contributed by atoms with E-state index in [4.69, 9.17) is 14.9 Å². The smallest absolute Gasteiger partial charge is 0.463 e. The zero-order valence-corrected chi connectivity index (χ0v) is 20.9. The molecule has 0 saturated carbocycles. The van der Waals surface area contributed by atoms with Gasteiger partial charge in [-0.3, -0.25) is 13.8 Å². The molecule has 0 radical (unpaired) electrons. The molecular weight excluding hydrogens is 463 g/mol. The number of ether oxygens (including phenoxy) is 1. The van der Waals surface area contributed by atoms with Gasteiger partial charge in [-0.25, -0.2) is 4.57 Å². The summed E-state index contributed by atoms with van der Waals surface area (Å²) >= 11 is 0. The molecule has 0 aliphatic rings. The molecule has 196 valence electrons. The van der Waals surface area contributed by atoms with Crippen LogP contribution in [0.5, 0.6) is 0 Å². The summed E-state index contributed by atoms with van der Waals surface area (Å²) in [7, 11) is -4.49. The van der Waals surface area contributed by atoms with Crippen molar-refractivity contribution in [2.45, 2.75) is 70.5 Å². The fourth-order valence-corrected chi connectivity index (χ4v) is 3.18. The topological polar surface area (TPSA) is 143 Å². The van der Waals surface area contributed by atoms with E-state index in [0.29, 0.717) is 6.42 Å². The van der Waals surface area contributed by atoms with Crippen LogP contribution < -0.4 is 0 Å². The van der Waals surface area contributed by atoms with Crippen molar-refractivity contribution in [1.29, 1.82) is 0 Å². The molecule has 0 aliphatic carbocycles. The number of carbonyl (C=O) groups excluding carboxylic acids is 1. The Morgan fingerprint density at radius 1 is 0.824 bits per heavy atom. The molecule has 3 unspecified atom stereocenters. The molecule has 0 fully saturated rings. The maximum Gasteiger partial charge on any atom is 0.472 e. The minimum atomic E-state index is -4.49. The van der Waals surface area contributed by atoms with Gasteiger partial charge in [-0.05, 0) is 44.9 Å². The monoisotopic (exact) mass is 504 g/mol. The van der Waals surface area contributed by atoms with Gasteiger partial charge in [0.2, 0.25) is 0 Å². The highest BCUT2D eigenvalue weighted by atomic mass is 31.2. The number of allylic oxidation sites excluding steroid dienone is 8. The number of rotatable bonds is 21. The van der Waals surface area contributed by atoms with Gasteiger partial charge in [-0.15, -0.1) is 0 Å². The Labute approximate surface area is 203 Å². The second kappa shape index (κ2) is 21.9. The summed E-state index contributed by atoms with van der Waals surface area (Å²) < 4.78 is 25.4. The summed E-state index contributed by atoms with van der Waals surface area (Å²) in [6.45, 7) is -0.0941. The summed E-state index contributed by atoms with van der Waals surface area (Å²) in [5.74, 6) is -0.473. The molecule has 0 bridgehead atoms. The van der Waals surface area contributed by atoms with Gasteiger partial charge < -0.3 is 24.9 Å². The average molecular weight is 505 g/mol. The van der Waals surface area contributed by atoms with Crippen molar-refractivity contribution in [3.05, 3.63) is 48.6 Å². The van der Waals surface area contributed by atoms with Crippen LogP contribution in [0.25, 0.3) is 0 Å². The fourth-order valence-electron chi connectivity index (χ4n) is 2.39. The van der Waals surface area contributed by atoms with Gasteiger partial charge in [0, 0.05) is 6.42 Å². The van der Waals surface area contributed by atoms with E-state index >= 15 is 0 Å². The van der Waals surface area contributed by atoms with E-state index in [1.165, 1.54) is 0 Å². The molecular formula is C24H41O9P. The summed E-state index contributed by atoms with van der Waals surface area (Å²) in [6, 6.07) is 0. The molecule has 0 amide bonds. The lowest BCUT2D eigenvalue weighted by Gasteiger charge is -2.16. The molecule has 34 heavy (non-hydrogen) atoms. The first-order valence-corrected chi connectivity index (χ1v) is 13.1. The molecule has 0 heterocycles. The van der Waals surface area contributed by atoms with Crippen LogP contribution in [0, 0.1) is 0 Å². The number of carbonyl (C=O) groups is 1. The minimum Gasteiger partial charge on any atom is -0.463 e. The van der Waals surface area contributed by atoms with Crippen molar-refractivity contribution < 1.29 is 43.4 Å².